The van der Waals surface area contributed by atoms with Crippen LogP contribution in [-0.2, 0) is 6.42 Å². The van der Waals surface area contributed by atoms with Crippen LogP contribution in [0.2, 0.25) is 0 Å². The van der Waals surface area contributed by atoms with Gasteiger partial charge in [-0.25, -0.2) is 0 Å². The number of alkyl halides is 3. The van der Waals surface area contributed by atoms with E-state index in [1.165, 1.54) is 6.07 Å². The van der Waals surface area contributed by atoms with Crippen LogP contribution in [0.15, 0.2) is 41.3 Å². The molecule has 2 nitrogen and oxygen atoms in total. The number of rotatable bonds is 5. The third kappa shape index (κ3) is 3.35. The number of furan rings is 1. The summed E-state index contributed by atoms with van der Waals surface area (Å²) in [5, 5.41) is 0. The molecule has 0 aliphatic carbocycles. The van der Waals surface area contributed by atoms with Gasteiger partial charge in [-0.15, -0.1) is 0 Å². The molecule has 0 N–H and O–H groups in total. The normalized spacial score (nSPS) is 11.5. The monoisotopic (exact) mass is 310 g/mol. The molecule has 2 rings (SSSR count). The summed E-state index contributed by atoms with van der Waals surface area (Å²) in [7, 11) is 1.55. The first kappa shape index (κ1) is 16.2. The number of aryl methyl sites for hydroxylation is 1. The molecule has 1 aromatic heterocycles. The van der Waals surface area contributed by atoms with E-state index >= 15 is 0 Å². The molecule has 1 heterocycles. The molecule has 1 aromatic carbocycles. The van der Waals surface area contributed by atoms with Crippen LogP contribution in [0.3, 0.4) is 0 Å². The highest BCUT2D eigenvalue weighted by Crippen LogP contribution is 2.38. The third-order valence-electron chi connectivity index (χ3n) is 3.33. The highest BCUT2D eigenvalue weighted by atomic mass is 19.4. The lowest BCUT2D eigenvalue weighted by Crippen LogP contribution is -2.10. The minimum absolute atomic E-state index is 0.0279. The summed E-state index contributed by atoms with van der Waals surface area (Å²) in [5.74, 6) is 1.38. The molecular weight excluding hydrogens is 293 g/mol. The van der Waals surface area contributed by atoms with E-state index in [-0.39, 0.29) is 5.56 Å². The number of benzene rings is 1. The number of halogens is 3. The molecule has 0 bridgehead atoms. The molecular formula is C17H17F3O2. The summed E-state index contributed by atoms with van der Waals surface area (Å²) < 4.78 is 49.4. The van der Waals surface area contributed by atoms with Gasteiger partial charge in [0, 0.05) is 17.5 Å². The van der Waals surface area contributed by atoms with Gasteiger partial charge < -0.3 is 9.15 Å². The number of hydrogen-bond acceptors (Lipinski definition) is 2. The van der Waals surface area contributed by atoms with Gasteiger partial charge in [0.2, 0.25) is 0 Å². The van der Waals surface area contributed by atoms with Crippen molar-refractivity contribution < 1.29 is 22.3 Å². The Morgan fingerprint density at radius 1 is 1.23 bits per heavy atom. The molecule has 5 heteroatoms. The Balaban J connectivity index is 2.43. The molecule has 118 valence electrons. The fourth-order valence-electron chi connectivity index (χ4n) is 2.15. The van der Waals surface area contributed by atoms with E-state index in [1.54, 1.807) is 31.4 Å². The molecule has 0 atom stereocenters. The molecule has 0 spiro atoms. The Morgan fingerprint density at radius 3 is 2.36 bits per heavy atom. The van der Waals surface area contributed by atoms with Crippen LogP contribution in [0, 0.1) is 0 Å². The van der Waals surface area contributed by atoms with Gasteiger partial charge in [0.25, 0.3) is 0 Å². The van der Waals surface area contributed by atoms with Crippen LogP contribution < -0.4 is 4.74 Å². The first-order valence-corrected chi connectivity index (χ1v) is 6.90. The standard InChI is InChI=1S/C17H17F3O2/c1-4-5-15-14(11(2)17(18,19)20)10-16(22-15)12-6-8-13(21-3)9-7-12/h6-10H,2,4-5H2,1,3H3. The second-order valence-electron chi connectivity index (χ2n) is 4.90. The average molecular weight is 310 g/mol. The zero-order chi connectivity index (χ0) is 16.3. The molecule has 0 amide bonds. The Morgan fingerprint density at radius 2 is 1.86 bits per heavy atom. The number of hydrogen-bond donors (Lipinski definition) is 0. The summed E-state index contributed by atoms with van der Waals surface area (Å²) in [5.41, 5.74) is -0.154. The summed E-state index contributed by atoms with van der Waals surface area (Å²) in [6.45, 7) is 5.05. The van der Waals surface area contributed by atoms with Crippen molar-refractivity contribution >= 4 is 5.57 Å². The van der Waals surface area contributed by atoms with E-state index in [1.807, 2.05) is 6.92 Å². The zero-order valence-corrected chi connectivity index (χ0v) is 12.5. The summed E-state index contributed by atoms with van der Waals surface area (Å²) in [6, 6.07) is 8.36. The van der Waals surface area contributed by atoms with Crippen molar-refractivity contribution in [2.75, 3.05) is 7.11 Å². The predicted molar refractivity (Wildman–Crippen MR) is 79.8 cm³/mol. The summed E-state index contributed by atoms with van der Waals surface area (Å²) in [6.07, 6.45) is -3.35. The van der Waals surface area contributed by atoms with Gasteiger partial charge in [0.1, 0.15) is 17.3 Å². The molecule has 0 unspecified atom stereocenters. The lowest BCUT2D eigenvalue weighted by molar-refractivity contribution is -0.0687. The van der Waals surface area contributed by atoms with E-state index in [9.17, 15) is 13.2 Å². The van der Waals surface area contributed by atoms with Crippen molar-refractivity contribution in [3.63, 3.8) is 0 Å². The molecule has 0 saturated heterocycles. The van der Waals surface area contributed by atoms with Crippen molar-refractivity contribution in [3.8, 4) is 17.1 Å². The smallest absolute Gasteiger partial charge is 0.416 e. The van der Waals surface area contributed by atoms with Gasteiger partial charge in [0.05, 0.1) is 12.7 Å². The molecule has 0 aliphatic heterocycles. The lowest BCUT2D eigenvalue weighted by Gasteiger charge is -2.09. The number of ether oxygens (including phenoxy) is 1. The minimum atomic E-state index is -4.47. The molecule has 2 aromatic rings. The van der Waals surface area contributed by atoms with Gasteiger partial charge in [-0.2, -0.15) is 13.2 Å². The Hall–Kier alpha value is -2.17. The van der Waals surface area contributed by atoms with Crippen LogP contribution in [0.1, 0.15) is 24.7 Å². The fourth-order valence-corrected chi connectivity index (χ4v) is 2.15. The van der Waals surface area contributed by atoms with Gasteiger partial charge in [0.15, 0.2) is 0 Å². The maximum atomic E-state index is 12.9. The van der Waals surface area contributed by atoms with E-state index in [4.69, 9.17) is 9.15 Å². The van der Waals surface area contributed by atoms with Crippen LogP contribution >= 0.6 is 0 Å². The van der Waals surface area contributed by atoms with E-state index in [2.05, 4.69) is 6.58 Å². The van der Waals surface area contributed by atoms with Crippen molar-refractivity contribution in [2.24, 2.45) is 0 Å². The second-order valence-corrected chi connectivity index (χ2v) is 4.90. The molecule has 0 saturated carbocycles. The lowest BCUT2D eigenvalue weighted by atomic mass is 10.0. The molecule has 0 fully saturated rings. The highest BCUT2D eigenvalue weighted by Gasteiger charge is 2.35. The van der Waals surface area contributed by atoms with Crippen molar-refractivity contribution in [3.05, 3.63) is 48.2 Å². The van der Waals surface area contributed by atoms with Gasteiger partial charge in [-0.05, 0) is 36.8 Å². The second kappa shape index (κ2) is 6.30. The maximum absolute atomic E-state index is 12.9. The number of allylic oxidation sites excluding steroid dienone is 1. The van der Waals surface area contributed by atoms with Crippen LogP contribution in [0.5, 0.6) is 5.75 Å². The summed E-state index contributed by atoms with van der Waals surface area (Å²) in [4.78, 5) is 0. The van der Waals surface area contributed by atoms with Crippen molar-refractivity contribution in [1.29, 1.82) is 0 Å². The largest absolute Gasteiger partial charge is 0.497 e. The third-order valence-corrected chi connectivity index (χ3v) is 3.33. The van der Waals surface area contributed by atoms with E-state index in [0.29, 0.717) is 35.7 Å². The van der Waals surface area contributed by atoms with Gasteiger partial charge >= 0.3 is 6.18 Å². The first-order chi connectivity index (χ1) is 10.4. The van der Waals surface area contributed by atoms with Crippen LogP contribution in [0.4, 0.5) is 13.2 Å². The molecule has 22 heavy (non-hydrogen) atoms. The first-order valence-electron chi connectivity index (χ1n) is 6.90. The SMILES string of the molecule is C=C(c1cc(-c2ccc(OC)cc2)oc1CCC)C(F)(F)F. The molecule has 0 aliphatic rings. The summed E-state index contributed by atoms with van der Waals surface area (Å²) >= 11 is 0. The van der Waals surface area contributed by atoms with Crippen molar-refractivity contribution in [1.82, 2.24) is 0 Å². The van der Waals surface area contributed by atoms with Crippen LogP contribution in [0.25, 0.3) is 16.9 Å². The minimum Gasteiger partial charge on any atom is -0.497 e. The topological polar surface area (TPSA) is 22.4 Å². The Labute approximate surface area is 127 Å². The number of methoxy groups -OCH3 is 1. The Kier molecular flexibility index (Phi) is 4.64. The molecule has 0 radical (unpaired) electrons. The maximum Gasteiger partial charge on any atom is 0.416 e. The zero-order valence-electron chi connectivity index (χ0n) is 12.5. The van der Waals surface area contributed by atoms with Gasteiger partial charge in [-0.3, -0.25) is 0 Å². The highest BCUT2D eigenvalue weighted by molar-refractivity contribution is 5.73. The van der Waals surface area contributed by atoms with E-state index in [0.717, 1.165) is 0 Å². The van der Waals surface area contributed by atoms with Crippen LogP contribution in [-0.4, -0.2) is 13.3 Å². The average Bonchev–Trinajstić information content (AvgIpc) is 2.90. The predicted octanol–water partition coefficient (Wildman–Crippen LogP) is 5.48. The van der Waals surface area contributed by atoms with Crippen molar-refractivity contribution in [2.45, 2.75) is 25.9 Å². The van der Waals surface area contributed by atoms with E-state index < -0.39 is 11.7 Å². The van der Waals surface area contributed by atoms with Gasteiger partial charge in [-0.1, -0.05) is 13.5 Å². The fraction of sp³-hybridized carbons (Fsp3) is 0.294. The Bertz CT molecular complexity index is 652. The quantitative estimate of drug-likeness (QED) is 0.729.